The van der Waals surface area contributed by atoms with Crippen molar-refractivity contribution in [2.24, 2.45) is 0 Å². The Balaban J connectivity index is 2.82. The van der Waals surface area contributed by atoms with E-state index in [4.69, 9.17) is 4.52 Å². The third-order valence-electron chi connectivity index (χ3n) is 3.33. The van der Waals surface area contributed by atoms with Gasteiger partial charge in [-0.1, -0.05) is 25.9 Å². The first-order valence-corrected chi connectivity index (χ1v) is 6.14. The molecule has 92 valence electrons. The van der Waals surface area contributed by atoms with Crippen LogP contribution in [0.4, 0.5) is 0 Å². The molecule has 0 aliphatic heterocycles. The Morgan fingerprint density at radius 3 is 2.44 bits per heavy atom. The molecule has 1 aromatic rings. The van der Waals surface area contributed by atoms with Crippen LogP contribution in [0.5, 0.6) is 0 Å². The average molecular weight is 225 g/mol. The molecule has 16 heavy (non-hydrogen) atoms. The monoisotopic (exact) mass is 225 g/mol. The Morgan fingerprint density at radius 2 is 1.94 bits per heavy atom. The highest BCUT2D eigenvalue weighted by molar-refractivity contribution is 5.00. The zero-order valence-corrected chi connectivity index (χ0v) is 10.9. The highest BCUT2D eigenvalue weighted by Gasteiger charge is 2.23. The van der Waals surface area contributed by atoms with Crippen LogP contribution in [0.25, 0.3) is 0 Å². The predicted octanol–water partition coefficient (Wildman–Crippen LogP) is 2.68. The van der Waals surface area contributed by atoms with Crippen LogP contribution in [-0.4, -0.2) is 23.2 Å². The molecule has 3 unspecified atom stereocenters. The number of nitrogens with one attached hydrogen (secondary N) is 1. The molecular weight excluding hydrogens is 202 g/mol. The molecule has 3 atom stereocenters. The number of nitrogens with zero attached hydrogens (tertiary/aromatic N) is 2. The zero-order chi connectivity index (χ0) is 12.1. The number of hydrogen-bond acceptors (Lipinski definition) is 4. The maximum Gasteiger partial charge on any atom is 0.231 e. The van der Waals surface area contributed by atoms with Crippen molar-refractivity contribution in [1.29, 1.82) is 0 Å². The normalized spacial score (nSPS) is 17.1. The summed E-state index contributed by atoms with van der Waals surface area (Å²) in [4.78, 5) is 4.50. The van der Waals surface area contributed by atoms with Crippen LogP contribution >= 0.6 is 0 Å². The van der Waals surface area contributed by atoms with E-state index in [2.05, 4.69) is 43.2 Å². The molecule has 0 aliphatic rings. The van der Waals surface area contributed by atoms with Crippen molar-refractivity contribution in [3.8, 4) is 0 Å². The van der Waals surface area contributed by atoms with Crippen LogP contribution in [0.15, 0.2) is 4.52 Å². The van der Waals surface area contributed by atoms with Crippen molar-refractivity contribution < 1.29 is 4.52 Å². The topological polar surface area (TPSA) is 51.0 Å². The van der Waals surface area contributed by atoms with Crippen molar-refractivity contribution in [2.75, 3.05) is 7.05 Å². The van der Waals surface area contributed by atoms with Gasteiger partial charge in [0.25, 0.3) is 0 Å². The van der Waals surface area contributed by atoms with Crippen molar-refractivity contribution >= 4 is 0 Å². The van der Waals surface area contributed by atoms with E-state index < -0.39 is 0 Å². The molecule has 0 aromatic carbocycles. The molecule has 0 fully saturated rings. The van der Waals surface area contributed by atoms with Crippen LogP contribution in [0.3, 0.4) is 0 Å². The second-order valence-corrected chi connectivity index (χ2v) is 4.39. The summed E-state index contributed by atoms with van der Waals surface area (Å²) in [6.45, 7) is 8.54. The van der Waals surface area contributed by atoms with Gasteiger partial charge in [-0.3, -0.25) is 0 Å². The molecule has 1 N–H and O–H groups in total. The Hall–Kier alpha value is -0.900. The fourth-order valence-electron chi connectivity index (χ4n) is 1.72. The number of rotatable bonds is 6. The minimum absolute atomic E-state index is 0.301. The van der Waals surface area contributed by atoms with Gasteiger partial charge in [-0.2, -0.15) is 4.98 Å². The number of likely N-dealkylation sites (N-methyl/N-ethyl adjacent to an activating group) is 1. The van der Waals surface area contributed by atoms with Crippen molar-refractivity contribution in [3.63, 3.8) is 0 Å². The zero-order valence-electron chi connectivity index (χ0n) is 10.9. The van der Waals surface area contributed by atoms with E-state index in [1.54, 1.807) is 0 Å². The Morgan fingerprint density at radius 1 is 1.25 bits per heavy atom. The third kappa shape index (κ3) is 2.82. The van der Waals surface area contributed by atoms with Crippen molar-refractivity contribution in [3.05, 3.63) is 11.7 Å². The Labute approximate surface area is 97.8 Å². The van der Waals surface area contributed by atoms with Crippen LogP contribution in [0, 0.1) is 0 Å². The molecule has 0 saturated carbocycles. The van der Waals surface area contributed by atoms with Crippen LogP contribution in [0.2, 0.25) is 0 Å². The highest BCUT2D eigenvalue weighted by Crippen LogP contribution is 2.24. The van der Waals surface area contributed by atoms with Gasteiger partial charge in [0.15, 0.2) is 5.82 Å². The highest BCUT2D eigenvalue weighted by atomic mass is 16.5. The molecular formula is C12H23N3O. The number of hydrogen-bond donors (Lipinski definition) is 1. The van der Waals surface area contributed by atoms with Gasteiger partial charge in [0, 0.05) is 12.0 Å². The van der Waals surface area contributed by atoms with E-state index >= 15 is 0 Å². The summed E-state index contributed by atoms with van der Waals surface area (Å²) < 4.78 is 5.36. The predicted molar refractivity (Wildman–Crippen MR) is 64.6 cm³/mol. The van der Waals surface area contributed by atoms with E-state index in [0.717, 1.165) is 24.6 Å². The van der Waals surface area contributed by atoms with Crippen LogP contribution < -0.4 is 5.32 Å². The van der Waals surface area contributed by atoms with E-state index in [1.807, 2.05) is 7.05 Å². The van der Waals surface area contributed by atoms with Crippen LogP contribution in [-0.2, 0) is 0 Å². The van der Waals surface area contributed by atoms with Crippen molar-refractivity contribution in [1.82, 2.24) is 15.5 Å². The second-order valence-electron chi connectivity index (χ2n) is 4.39. The number of aromatic nitrogens is 2. The van der Waals surface area contributed by atoms with Crippen molar-refractivity contribution in [2.45, 2.75) is 58.4 Å². The summed E-state index contributed by atoms with van der Waals surface area (Å²) in [5.74, 6) is 2.27. The summed E-state index contributed by atoms with van der Waals surface area (Å²) in [7, 11) is 1.96. The lowest BCUT2D eigenvalue weighted by Crippen LogP contribution is -2.28. The Bertz CT molecular complexity index is 311. The first kappa shape index (κ1) is 13.2. The summed E-state index contributed by atoms with van der Waals surface area (Å²) in [6, 6.07) is 0.357. The van der Waals surface area contributed by atoms with E-state index in [1.165, 1.54) is 0 Å². The molecule has 0 spiro atoms. The molecule has 0 radical (unpaired) electrons. The summed E-state index contributed by atoms with van der Waals surface area (Å²) in [6.07, 6.45) is 2.04. The first-order valence-electron chi connectivity index (χ1n) is 6.14. The molecule has 1 aromatic heterocycles. The molecule has 4 heteroatoms. The largest absolute Gasteiger partial charge is 0.339 e. The second kappa shape index (κ2) is 5.99. The Kier molecular flexibility index (Phi) is 4.93. The van der Waals surface area contributed by atoms with Gasteiger partial charge in [-0.25, -0.2) is 0 Å². The molecule has 1 heterocycles. The SMILES string of the molecule is CCC(C)c1noc(C(CC)C(C)NC)n1. The average Bonchev–Trinajstić information content (AvgIpc) is 2.78. The lowest BCUT2D eigenvalue weighted by molar-refractivity contribution is 0.318. The molecule has 0 aliphatic carbocycles. The first-order chi connectivity index (χ1) is 7.63. The van der Waals surface area contributed by atoms with Gasteiger partial charge in [0.2, 0.25) is 5.89 Å². The third-order valence-corrected chi connectivity index (χ3v) is 3.33. The molecule has 0 amide bonds. The molecule has 1 rings (SSSR count). The van der Waals surface area contributed by atoms with Gasteiger partial charge in [0.05, 0.1) is 5.92 Å². The smallest absolute Gasteiger partial charge is 0.231 e. The summed E-state index contributed by atoms with van der Waals surface area (Å²) in [5, 5.41) is 7.30. The fraction of sp³-hybridized carbons (Fsp3) is 0.833. The maximum absolute atomic E-state index is 5.36. The molecule has 0 saturated heterocycles. The lowest BCUT2D eigenvalue weighted by atomic mass is 9.98. The minimum atomic E-state index is 0.301. The van der Waals surface area contributed by atoms with E-state index in [0.29, 0.717) is 17.9 Å². The minimum Gasteiger partial charge on any atom is -0.339 e. The molecule has 4 nitrogen and oxygen atoms in total. The fourth-order valence-corrected chi connectivity index (χ4v) is 1.72. The van der Waals surface area contributed by atoms with E-state index in [-0.39, 0.29) is 0 Å². The van der Waals surface area contributed by atoms with Gasteiger partial charge >= 0.3 is 0 Å². The van der Waals surface area contributed by atoms with Crippen LogP contribution in [0.1, 0.15) is 64.1 Å². The standard InChI is InChI=1S/C12H23N3O/c1-6-8(3)11-14-12(16-15-11)10(7-2)9(4)13-5/h8-10,13H,6-7H2,1-5H3. The van der Waals surface area contributed by atoms with Gasteiger partial charge in [0.1, 0.15) is 0 Å². The quantitative estimate of drug-likeness (QED) is 0.808. The van der Waals surface area contributed by atoms with E-state index in [9.17, 15) is 0 Å². The van der Waals surface area contributed by atoms with Gasteiger partial charge < -0.3 is 9.84 Å². The van der Waals surface area contributed by atoms with Gasteiger partial charge in [-0.15, -0.1) is 0 Å². The summed E-state index contributed by atoms with van der Waals surface area (Å²) >= 11 is 0. The van der Waals surface area contributed by atoms with Gasteiger partial charge in [-0.05, 0) is 26.8 Å². The maximum atomic E-state index is 5.36. The molecule has 0 bridgehead atoms. The summed E-state index contributed by atoms with van der Waals surface area (Å²) in [5.41, 5.74) is 0. The lowest BCUT2D eigenvalue weighted by Gasteiger charge is -2.17.